The second-order valence-corrected chi connectivity index (χ2v) is 10.1. The van der Waals surface area contributed by atoms with Gasteiger partial charge in [0.2, 0.25) is 10.0 Å². The van der Waals surface area contributed by atoms with Crippen LogP contribution < -0.4 is 10.0 Å². The first-order chi connectivity index (χ1) is 16.7. The molecular formula is C26H25FN4O3S. The highest BCUT2D eigenvalue weighted by Crippen LogP contribution is 2.24. The first-order valence-electron chi connectivity index (χ1n) is 10.9. The number of hydrogen-bond donors (Lipinski definition) is 2. The molecule has 0 saturated heterocycles. The van der Waals surface area contributed by atoms with Gasteiger partial charge >= 0.3 is 0 Å². The lowest BCUT2D eigenvalue weighted by molar-refractivity contribution is 0.0951. The van der Waals surface area contributed by atoms with E-state index < -0.39 is 10.0 Å². The highest BCUT2D eigenvalue weighted by Gasteiger charge is 2.19. The van der Waals surface area contributed by atoms with Crippen molar-refractivity contribution in [2.45, 2.75) is 19.2 Å². The van der Waals surface area contributed by atoms with Crippen LogP contribution in [0.4, 0.5) is 4.39 Å². The van der Waals surface area contributed by atoms with Crippen molar-refractivity contribution in [3.63, 3.8) is 0 Å². The molecule has 3 aromatic carbocycles. The number of carbonyl (C=O) groups excluding carboxylic acids is 1. The number of halogens is 1. The van der Waals surface area contributed by atoms with Gasteiger partial charge in [0.05, 0.1) is 17.0 Å². The summed E-state index contributed by atoms with van der Waals surface area (Å²) < 4.78 is 40.7. The van der Waals surface area contributed by atoms with E-state index in [4.69, 9.17) is 0 Å². The summed E-state index contributed by atoms with van der Waals surface area (Å²) in [6, 6.07) is 20.6. The quantitative estimate of drug-likeness (QED) is 0.389. The van der Waals surface area contributed by atoms with Crippen LogP contribution in [-0.2, 0) is 22.3 Å². The van der Waals surface area contributed by atoms with Crippen LogP contribution in [0.25, 0.3) is 16.9 Å². The maximum absolute atomic E-state index is 13.4. The summed E-state index contributed by atoms with van der Waals surface area (Å²) in [6.07, 6.45) is 1.63. The summed E-state index contributed by atoms with van der Waals surface area (Å²) >= 11 is 0. The second-order valence-electron chi connectivity index (χ2n) is 8.14. The molecule has 7 nitrogen and oxygen atoms in total. The minimum Gasteiger partial charge on any atom is -0.348 e. The molecule has 4 rings (SSSR count). The molecule has 0 aliphatic rings. The molecule has 0 bridgehead atoms. The van der Waals surface area contributed by atoms with Gasteiger partial charge in [0.1, 0.15) is 11.5 Å². The Labute approximate surface area is 203 Å². The molecule has 4 aromatic rings. The van der Waals surface area contributed by atoms with Gasteiger partial charge in [-0.15, -0.1) is 0 Å². The summed E-state index contributed by atoms with van der Waals surface area (Å²) in [7, 11) is -1.98. The molecule has 1 amide bonds. The largest absolute Gasteiger partial charge is 0.348 e. The lowest BCUT2D eigenvalue weighted by Gasteiger charge is -2.07. The Balaban J connectivity index is 1.56. The van der Waals surface area contributed by atoms with E-state index in [0.717, 1.165) is 16.7 Å². The Morgan fingerprint density at radius 3 is 2.20 bits per heavy atom. The molecule has 2 N–H and O–H groups in total. The molecule has 180 valence electrons. The van der Waals surface area contributed by atoms with Crippen molar-refractivity contribution in [2.24, 2.45) is 0 Å². The lowest BCUT2D eigenvalue weighted by atomic mass is 10.1. The van der Waals surface area contributed by atoms with Gasteiger partial charge in [-0.25, -0.2) is 22.2 Å². The van der Waals surface area contributed by atoms with Crippen molar-refractivity contribution in [3.8, 4) is 16.9 Å². The van der Waals surface area contributed by atoms with Crippen molar-refractivity contribution in [1.82, 2.24) is 19.8 Å². The number of amides is 1. The van der Waals surface area contributed by atoms with Crippen molar-refractivity contribution >= 4 is 15.9 Å². The number of sulfonamides is 1. The van der Waals surface area contributed by atoms with E-state index in [1.165, 1.54) is 19.2 Å². The number of benzene rings is 3. The third kappa shape index (κ3) is 6.00. The Hall–Kier alpha value is -3.82. The van der Waals surface area contributed by atoms with Crippen LogP contribution in [0.15, 0.2) is 79.0 Å². The molecule has 0 spiro atoms. The van der Waals surface area contributed by atoms with E-state index in [0.29, 0.717) is 22.5 Å². The smallest absolute Gasteiger partial charge is 0.255 e. The van der Waals surface area contributed by atoms with E-state index >= 15 is 0 Å². The zero-order chi connectivity index (χ0) is 25.0. The van der Waals surface area contributed by atoms with Crippen molar-refractivity contribution in [2.75, 3.05) is 7.05 Å². The number of nitrogens with one attached hydrogen (secondary N) is 2. The Bertz CT molecular complexity index is 1430. The maximum Gasteiger partial charge on any atom is 0.255 e. The summed E-state index contributed by atoms with van der Waals surface area (Å²) in [4.78, 5) is 13.2. The van der Waals surface area contributed by atoms with Crippen LogP contribution in [0.1, 0.15) is 27.0 Å². The first kappa shape index (κ1) is 24.3. The van der Waals surface area contributed by atoms with Gasteiger partial charge in [0.25, 0.3) is 5.91 Å². The van der Waals surface area contributed by atoms with Crippen LogP contribution >= 0.6 is 0 Å². The third-order valence-corrected chi connectivity index (χ3v) is 6.85. The molecule has 0 radical (unpaired) electrons. The van der Waals surface area contributed by atoms with Crippen LogP contribution in [0.2, 0.25) is 0 Å². The van der Waals surface area contributed by atoms with Gasteiger partial charge in [0, 0.05) is 18.3 Å². The van der Waals surface area contributed by atoms with E-state index in [-0.39, 0.29) is 24.0 Å². The number of aromatic nitrogens is 2. The molecule has 1 heterocycles. The molecular weight excluding hydrogens is 467 g/mol. The predicted molar refractivity (Wildman–Crippen MR) is 133 cm³/mol. The lowest BCUT2D eigenvalue weighted by Crippen LogP contribution is -2.23. The average Bonchev–Trinajstić information content (AvgIpc) is 3.30. The fourth-order valence-corrected chi connectivity index (χ4v) is 4.29. The number of carbonyl (C=O) groups is 1. The van der Waals surface area contributed by atoms with E-state index in [2.05, 4.69) is 15.1 Å². The molecule has 0 aliphatic heterocycles. The van der Waals surface area contributed by atoms with Crippen LogP contribution in [0.3, 0.4) is 0 Å². The van der Waals surface area contributed by atoms with Gasteiger partial charge in [0.15, 0.2) is 0 Å². The van der Waals surface area contributed by atoms with Gasteiger partial charge in [-0.2, -0.15) is 5.10 Å². The Morgan fingerprint density at radius 2 is 1.57 bits per heavy atom. The fraction of sp³-hybridized carbons (Fsp3) is 0.154. The summed E-state index contributed by atoms with van der Waals surface area (Å²) in [5.41, 5.74) is 4.88. The Morgan fingerprint density at radius 1 is 0.943 bits per heavy atom. The van der Waals surface area contributed by atoms with Gasteiger partial charge in [-0.05, 0) is 49.4 Å². The fourth-order valence-electron chi connectivity index (χ4n) is 3.51. The molecule has 35 heavy (non-hydrogen) atoms. The van der Waals surface area contributed by atoms with Crippen molar-refractivity contribution in [3.05, 3.63) is 107 Å². The zero-order valence-corrected chi connectivity index (χ0v) is 20.1. The predicted octanol–water partition coefficient (Wildman–Crippen LogP) is 3.97. The molecule has 0 fully saturated rings. The van der Waals surface area contributed by atoms with Gasteiger partial charge < -0.3 is 5.32 Å². The van der Waals surface area contributed by atoms with E-state index in [1.807, 2.05) is 31.2 Å². The van der Waals surface area contributed by atoms with Crippen LogP contribution in [0.5, 0.6) is 0 Å². The molecule has 1 aromatic heterocycles. The third-order valence-electron chi connectivity index (χ3n) is 5.52. The average molecular weight is 493 g/mol. The van der Waals surface area contributed by atoms with Crippen LogP contribution in [0, 0.1) is 12.7 Å². The molecule has 0 atom stereocenters. The van der Waals surface area contributed by atoms with E-state index in [1.54, 1.807) is 47.3 Å². The molecule has 0 saturated carbocycles. The number of nitrogens with zero attached hydrogens (tertiary/aromatic N) is 2. The minimum atomic E-state index is -3.35. The summed E-state index contributed by atoms with van der Waals surface area (Å²) in [6.45, 7) is 2.24. The van der Waals surface area contributed by atoms with Crippen molar-refractivity contribution in [1.29, 1.82) is 0 Å². The van der Waals surface area contributed by atoms with Crippen molar-refractivity contribution < 1.29 is 17.6 Å². The number of hydrogen-bond acceptors (Lipinski definition) is 4. The normalized spacial score (nSPS) is 11.4. The second kappa shape index (κ2) is 10.2. The number of aryl methyl sites for hydroxylation is 1. The maximum atomic E-state index is 13.4. The topological polar surface area (TPSA) is 93.1 Å². The number of rotatable bonds is 8. The van der Waals surface area contributed by atoms with Gasteiger partial charge in [-0.1, -0.05) is 54.1 Å². The monoisotopic (exact) mass is 492 g/mol. The highest BCUT2D eigenvalue weighted by atomic mass is 32.2. The molecule has 9 heteroatoms. The summed E-state index contributed by atoms with van der Waals surface area (Å²) in [5.74, 6) is -0.776. The van der Waals surface area contributed by atoms with Crippen LogP contribution in [-0.4, -0.2) is 31.2 Å². The summed E-state index contributed by atoms with van der Waals surface area (Å²) in [5, 5.41) is 7.52. The highest BCUT2D eigenvalue weighted by molar-refractivity contribution is 7.88. The minimum absolute atomic E-state index is 0.112. The molecule has 0 unspecified atom stereocenters. The SMILES string of the molecule is CNS(=O)(=O)Cc1ccc(CNC(=O)c2cn(-c3ccc(F)cc3)nc2-c2ccc(C)cc2)cc1. The van der Waals surface area contributed by atoms with Gasteiger partial charge in [-0.3, -0.25) is 4.79 Å². The first-order valence-corrected chi connectivity index (χ1v) is 12.6. The molecule has 0 aliphatic carbocycles. The zero-order valence-electron chi connectivity index (χ0n) is 19.3. The van der Waals surface area contributed by atoms with E-state index in [9.17, 15) is 17.6 Å². The Kier molecular flexibility index (Phi) is 7.09. The standard InChI is InChI=1S/C26H25FN4O3S/c1-18-3-9-21(10-4-18)25-24(16-31(30-25)23-13-11-22(27)12-14-23)26(32)29-15-19-5-7-20(8-6-19)17-35(33,34)28-2/h3-14,16,28H,15,17H2,1-2H3,(H,29,32).